The third-order valence-electron chi connectivity index (χ3n) is 3.45. The third kappa shape index (κ3) is 4.76. The van der Waals surface area contributed by atoms with Gasteiger partial charge in [0.2, 0.25) is 0 Å². The van der Waals surface area contributed by atoms with E-state index in [1.54, 1.807) is 13.0 Å². The van der Waals surface area contributed by atoms with E-state index in [9.17, 15) is 4.79 Å². The van der Waals surface area contributed by atoms with Crippen LogP contribution in [0.5, 0.6) is 0 Å². The Morgan fingerprint density at radius 1 is 1.26 bits per heavy atom. The van der Waals surface area contributed by atoms with E-state index in [4.69, 9.17) is 0 Å². The summed E-state index contributed by atoms with van der Waals surface area (Å²) in [5, 5.41) is 6.14. The maximum absolute atomic E-state index is 12.2. The molecule has 5 nitrogen and oxygen atoms in total. The fraction of sp³-hybridized carbons (Fsp3) is 0.353. The van der Waals surface area contributed by atoms with Gasteiger partial charge in [0.05, 0.1) is 5.69 Å². The van der Waals surface area contributed by atoms with E-state index in [0.717, 1.165) is 22.1 Å². The molecule has 1 aromatic heterocycles. The Labute approximate surface area is 145 Å². The summed E-state index contributed by atoms with van der Waals surface area (Å²) in [7, 11) is 0. The molecular weight excluding hydrogens is 356 g/mol. The van der Waals surface area contributed by atoms with Crippen LogP contribution in [0.4, 0.5) is 11.5 Å². The molecule has 0 aliphatic heterocycles. The maximum Gasteiger partial charge on any atom is 0.270 e. The zero-order chi connectivity index (χ0) is 17.0. The first kappa shape index (κ1) is 17.4. The van der Waals surface area contributed by atoms with Gasteiger partial charge in [-0.25, -0.2) is 9.97 Å². The van der Waals surface area contributed by atoms with Crippen molar-refractivity contribution in [2.45, 2.75) is 40.2 Å². The number of hydrogen-bond donors (Lipinski definition) is 2. The second-order valence-electron chi connectivity index (χ2n) is 5.58. The number of carbonyl (C=O) groups excluding carboxylic acids is 1. The lowest BCUT2D eigenvalue weighted by Gasteiger charge is -2.13. The van der Waals surface area contributed by atoms with Crippen molar-refractivity contribution in [2.24, 2.45) is 0 Å². The molecule has 0 spiro atoms. The summed E-state index contributed by atoms with van der Waals surface area (Å²) in [6.45, 7) is 7.79. The lowest BCUT2D eigenvalue weighted by atomic mass is 10.2. The van der Waals surface area contributed by atoms with Gasteiger partial charge in [0.15, 0.2) is 0 Å². The van der Waals surface area contributed by atoms with Crippen LogP contribution in [0, 0.1) is 13.8 Å². The van der Waals surface area contributed by atoms with Crippen LogP contribution in [0.3, 0.4) is 0 Å². The van der Waals surface area contributed by atoms with E-state index < -0.39 is 0 Å². The standard InChI is InChI=1S/C17H21BrN4O/c1-5-11(3)19-17(23)15-9-16(21-12(4)20-15)22-14-7-6-10(2)8-13(14)18/h6-9,11H,5H2,1-4H3,(H,19,23)(H,20,21,22). The van der Waals surface area contributed by atoms with E-state index in [2.05, 4.69) is 36.5 Å². The van der Waals surface area contributed by atoms with Gasteiger partial charge >= 0.3 is 0 Å². The second-order valence-corrected chi connectivity index (χ2v) is 6.43. The molecule has 1 amide bonds. The number of carbonyl (C=O) groups is 1. The molecule has 1 unspecified atom stereocenters. The molecule has 0 aliphatic rings. The van der Waals surface area contributed by atoms with Gasteiger partial charge in [0.1, 0.15) is 17.3 Å². The second kappa shape index (κ2) is 7.55. The number of benzene rings is 1. The van der Waals surface area contributed by atoms with Crippen molar-refractivity contribution >= 4 is 33.3 Å². The number of hydrogen-bond acceptors (Lipinski definition) is 4. The van der Waals surface area contributed by atoms with Crippen LogP contribution in [0.25, 0.3) is 0 Å². The van der Waals surface area contributed by atoms with Gasteiger partial charge in [-0.3, -0.25) is 4.79 Å². The highest BCUT2D eigenvalue weighted by atomic mass is 79.9. The third-order valence-corrected chi connectivity index (χ3v) is 4.10. The smallest absolute Gasteiger partial charge is 0.270 e. The lowest BCUT2D eigenvalue weighted by molar-refractivity contribution is 0.0934. The Hall–Kier alpha value is -1.95. The summed E-state index contributed by atoms with van der Waals surface area (Å²) in [6.07, 6.45) is 0.872. The Kier molecular flexibility index (Phi) is 5.71. The van der Waals surface area contributed by atoms with Crippen LogP contribution >= 0.6 is 15.9 Å². The summed E-state index contributed by atoms with van der Waals surface area (Å²) in [5.74, 6) is 0.958. The van der Waals surface area contributed by atoms with E-state index in [1.807, 2.05) is 39.0 Å². The largest absolute Gasteiger partial charge is 0.348 e. The number of aromatic nitrogens is 2. The highest BCUT2D eigenvalue weighted by molar-refractivity contribution is 9.10. The molecule has 0 saturated carbocycles. The van der Waals surface area contributed by atoms with Gasteiger partial charge in [-0.05, 0) is 60.8 Å². The first-order valence-electron chi connectivity index (χ1n) is 7.58. The number of aryl methyl sites for hydroxylation is 2. The molecule has 1 heterocycles. The number of halogens is 1. The molecule has 1 atom stereocenters. The van der Waals surface area contributed by atoms with Crippen LogP contribution in [-0.4, -0.2) is 21.9 Å². The average molecular weight is 377 g/mol. The van der Waals surface area contributed by atoms with E-state index in [-0.39, 0.29) is 11.9 Å². The summed E-state index contributed by atoms with van der Waals surface area (Å²) >= 11 is 3.53. The molecule has 6 heteroatoms. The highest BCUT2D eigenvalue weighted by Gasteiger charge is 2.13. The molecular formula is C17H21BrN4O. The molecule has 0 radical (unpaired) electrons. The summed E-state index contributed by atoms with van der Waals surface area (Å²) in [5.41, 5.74) is 2.42. The minimum atomic E-state index is -0.184. The fourth-order valence-corrected chi connectivity index (χ4v) is 2.60. The highest BCUT2D eigenvalue weighted by Crippen LogP contribution is 2.26. The van der Waals surface area contributed by atoms with Gasteiger partial charge in [-0.1, -0.05) is 13.0 Å². The summed E-state index contributed by atoms with van der Waals surface area (Å²) in [6, 6.07) is 7.78. The van der Waals surface area contributed by atoms with Gasteiger partial charge in [-0.15, -0.1) is 0 Å². The first-order chi connectivity index (χ1) is 10.9. The van der Waals surface area contributed by atoms with Gasteiger partial charge in [0, 0.05) is 16.6 Å². The maximum atomic E-state index is 12.2. The Morgan fingerprint density at radius 2 is 2.00 bits per heavy atom. The Balaban J connectivity index is 2.24. The number of anilines is 2. The average Bonchev–Trinajstić information content (AvgIpc) is 2.49. The van der Waals surface area contributed by atoms with E-state index >= 15 is 0 Å². The number of nitrogens with zero attached hydrogens (tertiary/aromatic N) is 2. The Morgan fingerprint density at radius 3 is 2.65 bits per heavy atom. The predicted molar refractivity (Wildman–Crippen MR) is 96.1 cm³/mol. The molecule has 1 aromatic carbocycles. The van der Waals surface area contributed by atoms with Crippen molar-refractivity contribution in [1.29, 1.82) is 0 Å². The molecule has 2 aromatic rings. The van der Waals surface area contributed by atoms with Crippen molar-refractivity contribution in [3.63, 3.8) is 0 Å². The minimum absolute atomic E-state index is 0.112. The molecule has 23 heavy (non-hydrogen) atoms. The molecule has 122 valence electrons. The number of nitrogens with one attached hydrogen (secondary N) is 2. The molecule has 0 aliphatic carbocycles. The predicted octanol–water partition coefficient (Wildman–Crippen LogP) is 4.13. The number of rotatable bonds is 5. The van der Waals surface area contributed by atoms with Gasteiger partial charge < -0.3 is 10.6 Å². The topological polar surface area (TPSA) is 66.9 Å². The first-order valence-corrected chi connectivity index (χ1v) is 8.38. The van der Waals surface area contributed by atoms with Crippen LogP contribution in [-0.2, 0) is 0 Å². The van der Waals surface area contributed by atoms with Crippen LogP contribution in [0.2, 0.25) is 0 Å². The SMILES string of the molecule is CCC(C)NC(=O)c1cc(Nc2ccc(C)cc2Br)nc(C)n1. The summed E-state index contributed by atoms with van der Waals surface area (Å²) in [4.78, 5) is 20.8. The van der Waals surface area contributed by atoms with Crippen molar-refractivity contribution in [1.82, 2.24) is 15.3 Å². The van der Waals surface area contributed by atoms with Crippen LogP contribution < -0.4 is 10.6 Å². The van der Waals surface area contributed by atoms with Crippen molar-refractivity contribution in [3.8, 4) is 0 Å². The van der Waals surface area contributed by atoms with Crippen molar-refractivity contribution in [2.75, 3.05) is 5.32 Å². The fourth-order valence-electron chi connectivity index (χ4n) is 2.01. The number of amides is 1. The van der Waals surface area contributed by atoms with E-state index in [0.29, 0.717) is 17.3 Å². The zero-order valence-electron chi connectivity index (χ0n) is 13.8. The summed E-state index contributed by atoms with van der Waals surface area (Å²) < 4.78 is 0.944. The molecule has 2 N–H and O–H groups in total. The molecule has 0 saturated heterocycles. The minimum Gasteiger partial charge on any atom is -0.348 e. The lowest BCUT2D eigenvalue weighted by Crippen LogP contribution is -2.32. The van der Waals surface area contributed by atoms with E-state index in [1.165, 1.54) is 0 Å². The quantitative estimate of drug-likeness (QED) is 0.822. The van der Waals surface area contributed by atoms with Crippen LogP contribution in [0.1, 0.15) is 42.1 Å². The monoisotopic (exact) mass is 376 g/mol. The van der Waals surface area contributed by atoms with Crippen LogP contribution in [0.15, 0.2) is 28.7 Å². The molecule has 0 fully saturated rings. The van der Waals surface area contributed by atoms with Gasteiger partial charge in [-0.2, -0.15) is 0 Å². The van der Waals surface area contributed by atoms with Crippen molar-refractivity contribution in [3.05, 3.63) is 45.8 Å². The van der Waals surface area contributed by atoms with Gasteiger partial charge in [0.25, 0.3) is 5.91 Å². The Bertz CT molecular complexity index is 718. The molecule has 0 bridgehead atoms. The normalized spacial score (nSPS) is 11.9. The molecule has 2 rings (SSSR count). The zero-order valence-corrected chi connectivity index (χ0v) is 15.4. The van der Waals surface area contributed by atoms with Crippen molar-refractivity contribution < 1.29 is 4.79 Å².